The Kier molecular flexibility index (Phi) is 4.41. The smallest absolute Gasteiger partial charge is 0.248 e. The van der Waals surface area contributed by atoms with Gasteiger partial charge in [0, 0.05) is 5.70 Å². The highest BCUT2D eigenvalue weighted by Gasteiger charge is 2.33. The first kappa shape index (κ1) is 17.3. The molecule has 0 spiro atoms. The lowest BCUT2D eigenvalue weighted by atomic mass is 9.95. The normalized spacial score (nSPS) is 16.0. The lowest BCUT2D eigenvalue weighted by Gasteiger charge is -2.27. The predicted molar refractivity (Wildman–Crippen MR) is 105 cm³/mol. The van der Waals surface area contributed by atoms with Crippen molar-refractivity contribution < 1.29 is 9.53 Å². The molecular weight excluding hydrogens is 362 g/mol. The molecule has 0 bridgehead atoms. The number of aromatic nitrogens is 3. The molecule has 7 nitrogen and oxygen atoms in total. The summed E-state index contributed by atoms with van der Waals surface area (Å²) in [7, 11) is 0. The molecule has 1 atom stereocenters. The number of amides is 1. The molecule has 0 radical (unpaired) electrons. The molecule has 138 valence electrons. The molecule has 0 saturated heterocycles. The second-order valence-corrected chi connectivity index (χ2v) is 7.06. The van der Waals surface area contributed by atoms with Crippen LogP contribution in [-0.4, -0.2) is 27.3 Å². The molecule has 1 aromatic carbocycles. The zero-order valence-corrected chi connectivity index (χ0v) is 15.8. The largest absolute Gasteiger partial charge is 0.494 e. The number of allylic oxidation sites excluding steroid dienone is 1. The van der Waals surface area contributed by atoms with Gasteiger partial charge < -0.3 is 15.8 Å². The number of carbonyl (C=O) groups excluding carboxylic acids is 1. The Hall–Kier alpha value is -3.13. The third-order valence-corrected chi connectivity index (χ3v) is 5.23. The number of benzene rings is 1. The number of hydrogen-bond acceptors (Lipinski definition) is 6. The van der Waals surface area contributed by atoms with Gasteiger partial charge in [0.2, 0.25) is 11.9 Å². The highest BCUT2D eigenvalue weighted by atomic mass is 32.1. The average molecular weight is 381 g/mol. The minimum absolute atomic E-state index is 0.448. The quantitative estimate of drug-likeness (QED) is 0.708. The highest BCUT2D eigenvalue weighted by Crippen LogP contribution is 2.37. The fourth-order valence-corrected chi connectivity index (χ4v) is 3.85. The molecule has 4 rings (SSSR count). The molecule has 27 heavy (non-hydrogen) atoms. The number of rotatable bonds is 5. The Morgan fingerprint density at radius 3 is 2.74 bits per heavy atom. The first-order valence-electron chi connectivity index (χ1n) is 8.59. The fourth-order valence-electron chi connectivity index (χ4n) is 3.20. The van der Waals surface area contributed by atoms with Crippen molar-refractivity contribution in [1.29, 1.82) is 0 Å². The van der Waals surface area contributed by atoms with Crippen LogP contribution >= 0.6 is 11.3 Å². The molecule has 1 unspecified atom stereocenters. The number of thiophene rings is 1. The van der Waals surface area contributed by atoms with E-state index in [1.54, 1.807) is 16.0 Å². The summed E-state index contributed by atoms with van der Waals surface area (Å²) in [6.45, 7) is 4.35. The number of nitrogens with one attached hydrogen (secondary N) is 1. The van der Waals surface area contributed by atoms with E-state index in [9.17, 15) is 4.79 Å². The van der Waals surface area contributed by atoms with Crippen molar-refractivity contribution in [1.82, 2.24) is 14.8 Å². The molecular formula is C19H19N5O2S. The first-order valence-corrected chi connectivity index (χ1v) is 9.47. The number of fused-ring (bicyclic) bond motifs is 1. The van der Waals surface area contributed by atoms with Gasteiger partial charge in [0.15, 0.2) is 5.82 Å². The van der Waals surface area contributed by atoms with E-state index in [0.29, 0.717) is 29.6 Å². The Morgan fingerprint density at radius 1 is 1.33 bits per heavy atom. The molecule has 3 N–H and O–H groups in total. The molecule has 1 amide bonds. The molecule has 0 aliphatic carbocycles. The lowest BCUT2D eigenvalue weighted by molar-refractivity contribution is -0.115. The van der Waals surface area contributed by atoms with Crippen LogP contribution in [0, 0.1) is 0 Å². The van der Waals surface area contributed by atoms with Crippen LogP contribution in [0.2, 0.25) is 0 Å². The maximum atomic E-state index is 12.2. The average Bonchev–Trinajstić information content (AvgIpc) is 3.30. The van der Waals surface area contributed by atoms with Crippen molar-refractivity contribution in [2.45, 2.75) is 19.9 Å². The number of primary amides is 1. The maximum absolute atomic E-state index is 12.2. The number of nitrogens with two attached hydrogens (primary N) is 1. The van der Waals surface area contributed by atoms with Crippen LogP contribution in [0.25, 0.3) is 10.7 Å². The van der Waals surface area contributed by atoms with Crippen LogP contribution in [0.5, 0.6) is 5.75 Å². The van der Waals surface area contributed by atoms with Crippen LogP contribution in [0.15, 0.2) is 53.0 Å². The topological polar surface area (TPSA) is 95.1 Å². The van der Waals surface area contributed by atoms with Gasteiger partial charge in [-0.3, -0.25) is 4.79 Å². The van der Waals surface area contributed by atoms with Gasteiger partial charge in [-0.15, -0.1) is 16.4 Å². The van der Waals surface area contributed by atoms with E-state index >= 15 is 0 Å². The zero-order valence-electron chi connectivity index (χ0n) is 15.0. The summed E-state index contributed by atoms with van der Waals surface area (Å²) in [6, 6.07) is 11.1. The van der Waals surface area contributed by atoms with Gasteiger partial charge in [0.1, 0.15) is 11.8 Å². The summed E-state index contributed by atoms with van der Waals surface area (Å²) in [4.78, 5) is 17.8. The van der Waals surface area contributed by atoms with Crippen molar-refractivity contribution in [2.24, 2.45) is 5.73 Å². The summed E-state index contributed by atoms with van der Waals surface area (Å²) >= 11 is 1.56. The van der Waals surface area contributed by atoms with Gasteiger partial charge in [0.05, 0.1) is 17.1 Å². The summed E-state index contributed by atoms with van der Waals surface area (Å²) in [5, 5.41) is 9.79. The van der Waals surface area contributed by atoms with Crippen LogP contribution < -0.4 is 15.8 Å². The number of ether oxygens (including phenoxy) is 1. The van der Waals surface area contributed by atoms with Crippen molar-refractivity contribution in [3.8, 4) is 16.5 Å². The second-order valence-electron chi connectivity index (χ2n) is 6.11. The van der Waals surface area contributed by atoms with Crippen LogP contribution in [0.1, 0.15) is 25.5 Å². The molecule has 3 heterocycles. The standard InChI is InChI=1S/C19H19N5O2S/c1-3-26-13-8-6-12(7-9-13)16-15(17(20)25)11(2)21-19-22-18(23-24(16)19)14-5-4-10-27-14/h4-10,16H,3H2,1-2H3,(H2,20,25)(H,21,22,23). The summed E-state index contributed by atoms with van der Waals surface area (Å²) in [6.07, 6.45) is 0. The van der Waals surface area contributed by atoms with Crippen molar-refractivity contribution in [2.75, 3.05) is 11.9 Å². The molecule has 1 aliphatic heterocycles. The summed E-state index contributed by atoms with van der Waals surface area (Å²) in [5.41, 5.74) is 7.73. The van der Waals surface area contributed by atoms with Gasteiger partial charge >= 0.3 is 0 Å². The SMILES string of the molecule is CCOc1ccc(C2C(C(N)=O)=C(C)Nc3nc(-c4cccs4)nn32)cc1. The molecule has 1 aliphatic rings. The molecule has 3 aromatic rings. The number of hydrogen-bond donors (Lipinski definition) is 2. The molecule has 2 aromatic heterocycles. The summed E-state index contributed by atoms with van der Waals surface area (Å²) < 4.78 is 7.24. The van der Waals surface area contributed by atoms with E-state index < -0.39 is 11.9 Å². The van der Waals surface area contributed by atoms with Gasteiger partial charge in [-0.1, -0.05) is 18.2 Å². The van der Waals surface area contributed by atoms with Crippen molar-refractivity contribution >= 4 is 23.2 Å². The monoisotopic (exact) mass is 381 g/mol. The summed E-state index contributed by atoms with van der Waals surface area (Å²) in [5.74, 6) is 1.48. The van der Waals surface area contributed by atoms with E-state index in [1.807, 2.05) is 55.6 Å². The van der Waals surface area contributed by atoms with Crippen molar-refractivity contribution in [3.05, 3.63) is 58.6 Å². The Balaban J connectivity index is 1.82. The predicted octanol–water partition coefficient (Wildman–Crippen LogP) is 3.18. The van der Waals surface area contributed by atoms with E-state index in [1.165, 1.54) is 0 Å². The van der Waals surface area contributed by atoms with Gasteiger partial charge in [-0.2, -0.15) is 4.98 Å². The Bertz CT molecular complexity index is 1010. The Labute approximate surface area is 160 Å². The first-order chi connectivity index (χ1) is 13.1. The van der Waals surface area contributed by atoms with E-state index in [-0.39, 0.29) is 0 Å². The molecule has 0 saturated carbocycles. The van der Waals surface area contributed by atoms with Gasteiger partial charge in [-0.25, -0.2) is 4.68 Å². The second kappa shape index (κ2) is 6.88. The minimum atomic E-state index is -0.488. The van der Waals surface area contributed by atoms with E-state index in [2.05, 4.69) is 15.4 Å². The molecule has 8 heteroatoms. The van der Waals surface area contributed by atoms with Gasteiger partial charge in [-0.05, 0) is 43.0 Å². The highest BCUT2D eigenvalue weighted by molar-refractivity contribution is 7.13. The van der Waals surface area contributed by atoms with Crippen molar-refractivity contribution in [3.63, 3.8) is 0 Å². The number of nitrogens with zero attached hydrogens (tertiary/aromatic N) is 3. The van der Waals surface area contributed by atoms with Crippen LogP contribution in [0.4, 0.5) is 5.95 Å². The van der Waals surface area contributed by atoms with Crippen LogP contribution in [-0.2, 0) is 4.79 Å². The van der Waals surface area contributed by atoms with E-state index in [0.717, 1.165) is 16.2 Å². The maximum Gasteiger partial charge on any atom is 0.248 e. The van der Waals surface area contributed by atoms with Crippen LogP contribution in [0.3, 0.4) is 0 Å². The fraction of sp³-hybridized carbons (Fsp3) is 0.211. The number of anilines is 1. The van der Waals surface area contributed by atoms with Gasteiger partial charge in [0.25, 0.3) is 0 Å². The lowest BCUT2D eigenvalue weighted by Crippen LogP contribution is -2.31. The minimum Gasteiger partial charge on any atom is -0.494 e. The number of carbonyl (C=O) groups is 1. The zero-order chi connectivity index (χ0) is 19.0. The third kappa shape index (κ3) is 3.08. The van der Waals surface area contributed by atoms with E-state index in [4.69, 9.17) is 10.5 Å². The molecule has 0 fully saturated rings. The third-order valence-electron chi connectivity index (χ3n) is 4.37. The Morgan fingerprint density at radius 2 is 2.11 bits per heavy atom.